The molecule has 0 aromatic heterocycles. The number of carbonyl (C=O) groups excluding carboxylic acids is 1. The zero-order chi connectivity index (χ0) is 19.7. The summed E-state index contributed by atoms with van der Waals surface area (Å²) in [6.07, 6.45) is -4.43. The third kappa shape index (κ3) is 4.61. The Balaban J connectivity index is 2.22. The number of primary sulfonamides is 1. The van der Waals surface area contributed by atoms with Crippen molar-refractivity contribution in [3.05, 3.63) is 64.7 Å². The molecule has 0 aliphatic heterocycles. The molecule has 26 heavy (non-hydrogen) atoms. The van der Waals surface area contributed by atoms with Crippen molar-refractivity contribution >= 4 is 15.9 Å². The SMILES string of the molecule is Cc1ccc(S(N)(=O)=O)cc1C(=O)NC(C)c1ccc(C(F)(F)F)cc1. The monoisotopic (exact) mass is 386 g/mol. The van der Waals surface area contributed by atoms with Crippen molar-refractivity contribution in [3.8, 4) is 0 Å². The third-order valence-corrected chi connectivity index (χ3v) is 4.78. The second-order valence-electron chi connectivity index (χ2n) is 5.84. The molecular weight excluding hydrogens is 369 g/mol. The van der Waals surface area contributed by atoms with Crippen LogP contribution < -0.4 is 10.5 Å². The van der Waals surface area contributed by atoms with Gasteiger partial charge in [-0.1, -0.05) is 18.2 Å². The number of aryl methyl sites for hydroxylation is 1. The molecular formula is C17H17F3N2O3S. The number of nitrogens with two attached hydrogens (primary N) is 1. The van der Waals surface area contributed by atoms with Gasteiger partial charge >= 0.3 is 6.18 Å². The van der Waals surface area contributed by atoms with Crippen molar-refractivity contribution in [1.82, 2.24) is 5.32 Å². The lowest BCUT2D eigenvalue weighted by Crippen LogP contribution is -2.27. The van der Waals surface area contributed by atoms with Crippen molar-refractivity contribution in [1.29, 1.82) is 0 Å². The van der Waals surface area contributed by atoms with Crippen LogP contribution >= 0.6 is 0 Å². The van der Waals surface area contributed by atoms with Crippen LogP contribution in [0.1, 0.15) is 40.0 Å². The van der Waals surface area contributed by atoms with Gasteiger partial charge in [0.2, 0.25) is 10.0 Å². The summed E-state index contributed by atoms with van der Waals surface area (Å²) >= 11 is 0. The van der Waals surface area contributed by atoms with Gasteiger partial charge in [0, 0.05) is 5.56 Å². The number of alkyl halides is 3. The second kappa shape index (κ2) is 7.08. The summed E-state index contributed by atoms with van der Waals surface area (Å²) in [5, 5.41) is 7.70. The number of amides is 1. The van der Waals surface area contributed by atoms with Crippen molar-refractivity contribution in [2.24, 2.45) is 5.14 Å². The summed E-state index contributed by atoms with van der Waals surface area (Å²) in [5.74, 6) is -0.555. The Morgan fingerprint density at radius 3 is 2.19 bits per heavy atom. The largest absolute Gasteiger partial charge is 0.416 e. The molecule has 0 bridgehead atoms. The summed E-state index contributed by atoms with van der Waals surface area (Å²) < 4.78 is 60.7. The highest BCUT2D eigenvalue weighted by molar-refractivity contribution is 7.89. The molecule has 1 unspecified atom stereocenters. The van der Waals surface area contributed by atoms with Gasteiger partial charge in [-0.25, -0.2) is 13.6 Å². The van der Waals surface area contributed by atoms with Gasteiger partial charge < -0.3 is 5.32 Å². The molecule has 0 aliphatic rings. The fraction of sp³-hybridized carbons (Fsp3) is 0.235. The van der Waals surface area contributed by atoms with Crippen molar-refractivity contribution < 1.29 is 26.4 Å². The van der Waals surface area contributed by atoms with Crippen LogP contribution in [-0.4, -0.2) is 14.3 Å². The summed E-state index contributed by atoms with van der Waals surface area (Å²) in [6, 6.07) is 7.76. The predicted molar refractivity (Wildman–Crippen MR) is 89.9 cm³/mol. The van der Waals surface area contributed by atoms with Crippen LogP contribution in [0.15, 0.2) is 47.4 Å². The Morgan fingerprint density at radius 1 is 1.12 bits per heavy atom. The number of halogens is 3. The van der Waals surface area contributed by atoms with E-state index in [1.165, 1.54) is 30.3 Å². The molecule has 0 spiro atoms. The summed E-state index contributed by atoms with van der Waals surface area (Å²) in [6.45, 7) is 3.24. The van der Waals surface area contributed by atoms with Crippen LogP contribution in [0.2, 0.25) is 0 Å². The molecule has 0 heterocycles. The van der Waals surface area contributed by atoms with Crippen LogP contribution in [0.5, 0.6) is 0 Å². The van der Waals surface area contributed by atoms with Gasteiger partial charge in [0.1, 0.15) is 0 Å². The quantitative estimate of drug-likeness (QED) is 0.846. The lowest BCUT2D eigenvalue weighted by Gasteiger charge is -2.16. The second-order valence-corrected chi connectivity index (χ2v) is 7.40. The van der Waals surface area contributed by atoms with Gasteiger partial charge in [-0.15, -0.1) is 0 Å². The smallest absolute Gasteiger partial charge is 0.346 e. The van der Waals surface area contributed by atoms with E-state index in [4.69, 9.17) is 5.14 Å². The maximum absolute atomic E-state index is 12.6. The number of nitrogens with one attached hydrogen (secondary N) is 1. The predicted octanol–water partition coefficient (Wildman–Crippen LogP) is 3.15. The minimum Gasteiger partial charge on any atom is -0.346 e. The van der Waals surface area contributed by atoms with Gasteiger partial charge in [-0.05, 0) is 49.2 Å². The molecule has 0 aliphatic carbocycles. The minimum atomic E-state index is -4.43. The highest BCUT2D eigenvalue weighted by atomic mass is 32.2. The third-order valence-electron chi connectivity index (χ3n) is 3.87. The number of rotatable bonds is 4. The van der Waals surface area contributed by atoms with E-state index in [-0.39, 0.29) is 10.5 Å². The average molecular weight is 386 g/mol. The molecule has 9 heteroatoms. The fourth-order valence-electron chi connectivity index (χ4n) is 2.34. The molecule has 2 aromatic carbocycles. The number of carbonyl (C=O) groups is 1. The Hall–Kier alpha value is -2.39. The highest BCUT2D eigenvalue weighted by Crippen LogP contribution is 2.30. The Kier molecular flexibility index (Phi) is 5.43. The van der Waals surface area contributed by atoms with Crippen molar-refractivity contribution in [2.45, 2.75) is 31.0 Å². The zero-order valence-electron chi connectivity index (χ0n) is 14.0. The van der Waals surface area contributed by atoms with Crippen molar-refractivity contribution in [3.63, 3.8) is 0 Å². The lowest BCUT2D eigenvalue weighted by atomic mass is 10.0. The Morgan fingerprint density at radius 2 is 1.69 bits per heavy atom. The first-order chi connectivity index (χ1) is 11.9. The van der Waals surface area contributed by atoms with E-state index in [1.807, 2.05) is 0 Å². The molecule has 140 valence electrons. The van der Waals surface area contributed by atoms with E-state index in [1.54, 1.807) is 13.8 Å². The first-order valence-electron chi connectivity index (χ1n) is 7.51. The number of benzene rings is 2. The maximum Gasteiger partial charge on any atom is 0.416 e. The van der Waals surface area contributed by atoms with E-state index in [2.05, 4.69) is 5.32 Å². The van der Waals surface area contributed by atoms with Crippen LogP contribution in [0.25, 0.3) is 0 Å². The fourth-order valence-corrected chi connectivity index (χ4v) is 2.88. The molecule has 0 radical (unpaired) electrons. The number of sulfonamides is 1. The molecule has 0 saturated heterocycles. The standard InChI is InChI=1S/C17H17F3N2O3S/c1-10-3-8-14(26(21,24)25)9-15(10)16(23)22-11(2)12-4-6-13(7-5-12)17(18,19)20/h3-9,11H,1-2H3,(H,22,23)(H2,21,24,25). The van der Waals surface area contributed by atoms with Gasteiger partial charge in [-0.2, -0.15) is 13.2 Å². The van der Waals surface area contributed by atoms with E-state index in [0.29, 0.717) is 11.1 Å². The molecule has 3 N–H and O–H groups in total. The van der Waals surface area contributed by atoms with E-state index < -0.39 is 33.7 Å². The first kappa shape index (κ1) is 19.9. The average Bonchev–Trinajstić information content (AvgIpc) is 2.53. The number of hydrogen-bond acceptors (Lipinski definition) is 3. The lowest BCUT2D eigenvalue weighted by molar-refractivity contribution is -0.137. The Bertz CT molecular complexity index is 923. The molecule has 5 nitrogen and oxygen atoms in total. The van der Waals surface area contributed by atoms with E-state index >= 15 is 0 Å². The molecule has 1 atom stereocenters. The molecule has 0 saturated carbocycles. The van der Waals surface area contributed by atoms with Crippen LogP contribution in [0.3, 0.4) is 0 Å². The van der Waals surface area contributed by atoms with Gasteiger partial charge in [0.25, 0.3) is 5.91 Å². The van der Waals surface area contributed by atoms with E-state index in [0.717, 1.165) is 12.1 Å². The molecule has 2 aromatic rings. The van der Waals surface area contributed by atoms with Gasteiger partial charge in [0.05, 0.1) is 16.5 Å². The zero-order valence-corrected chi connectivity index (χ0v) is 14.8. The summed E-state index contributed by atoms with van der Waals surface area (Å²) in [7, 11) is -3.96. The highest BCUT2D eigenvalue weighted by Gasteiger charge is 2.30. The molecule has 0 fully saturated rings. The topological polar surface area (TPSA) is 89.3 Å². The van der Waals surface area contributed by atoms with Crippen LogP contribution in [0.4, 0.5) is 13.2 Å². The first-order valence-corrected chi connectivity index (χ1v) is 9.05. The Labute approximate surface area is 149 Å². The maximum atomic E-state index is 12.6. The van der Waals surface area contributed by atoms with E-state index in [9.17, 15) is 26.4 Å². The van der Waals surface area contributed by atoms with Crippen molar-refractivity contribution in [2.75, 3.05) is 0 Å². The summed E-state index contributed by atoms with van der Waals surface area (Å²) in [5.41, 5.74) is 0.355. The summed E-state index contributed by atoms with van der Waals surface area (Å²) in [4.78, 5) is 12.2. The molecule has 1 amide bonds. The van der Waals surface area contributed by atoms with Gasteiger partial charge in [-0.3, -0.25) is 4.79 Å². The van der Waals surface area contributed by atoms with Crippen LogP contribution in [0, 0.1) is 6.92 Å². The van der Waals surface area contributed by atoms with Crippen LogP contribution in [-0.2, 0) is 16.2 Å². The minimum absolute atomic E-state index is 0.121. The normalized spacial score (nSPS) is 13.3. The number of hydrogen-bond donors (Lipinski definition) is 2. The van der Waals surface area contributed by atoms with Gasteiger partial charge in [0.15, 0.2) is 0 Å². The molecule has 2 rings (SSSR count).